The van der Waals surface area contributed by atoms with E-state index < -0.39 is 24.1 Å². The Labute approximate surface area is 143 Å². The van der Waals surface area contributed by atoms with E-state index in [9.17, 15) is 5.11 Å². The Morgan fingerprint density at radius 1 is 0.875 bits per heavy atom. The number of aliphatic hydroxyl groups is 1. The smallest absolute Gasteiger partial charge is 0.164 e. The van der Waals surface area contributed by atoms with Gasteiger partial charge in [0.1, 0.15) is 24.4 Å². The third-order valence-electron chi connectivity index (χ3n) is 4.30. The average Bonchev–Trinajstić information content (AvgIpc) is 2.92. The molecule has 2 aromatic carbocycles. The summed E-state index contributed by atoms with van der Waals surface area (Å²) in [7, 11) is 1.65. The van der Waals surface area contributed by atoms with Crippen molar-refractivity contribution >= 4 is 0 Å². The zero-order valence-electron chi connectivity index (χ0n) is 14.3. The molecule has 4 atom stereocenters. The largest absolute Gasteiger partial charge is 0.386 e. The summed E-state index contributed by atoms with van der Waals surface area (Å²) in [4.78, 5) is 0. The summed E-state index contributed by atoms with van der Waals surface area (Å²) >= 11 is 0. The normalized spacial score (nSPS) is 25.3. The minimum atomic E-state index is -0.792. The predicted octanol–water partition coefficient (Wildman–Crippen LogP) is 3.63. The fraction of sp³-hybridized carbons (Fsp3) is 0.400. The van der Waals surface area contributed by atoms with Crippen molar-refractivity contribution in [3.05, 3.63) is 71.8 Å². The highest BCUT2D eigenvalue weighted by molar-refractivity contribution is 5.23. The van der Waals surface area contributed by atoms with E-state index >= 15 is 0 Å². The van der Waals surface area contributed by atoms with Gasteiger partial charge in [-0.3, -0.25) is 0 Å². The van der Waals surface area contributed by atoms with Crippen LogP contribution in [0.15, 0.2) is 60.7 Å². The highest BCUT2D eigenvalue weighted by atomic mass is 16.8. The van der Waals surface area contributed by atoms with E-state index in [1.807, 2.05) is 74.5 Å². The summed E-state index contributed by atoms with van der Waals surface area (Å²) in [6.45, 7) is 3.71. The quantitative estimate of drug-likeness (QED) is 0.910. The molecule has 1 N–H and O–H groups in total. The fourth-order valence-corrected chi connectivity index (χ4v) is 3.24. The molecule has 1 fully saturated rings. The number of hydrogen-bond acceptors (Lipinski definition) is 4. The first-order valence-electron chi connectivity index (χ1n) is 8.18. The van der Waals surface area contributed by atoms with Crippen LogP contribution in [0.25, 0.3) is 0 Å². The molecule has 0 bridgehead atoms. The van der Waals surface area contributed by atoms with E-state index in [0.717, 1.165) is 11.1 Å². The Hall–Kier alpha value is -1.72. The molecule has 24 heavy (non-hydrogen) atoms. The molecule has 0 amide bonds. The molecular formula is C20H24O4. The second kappa shape index (κ2) is 7.03. The van der Waals surface area contributed by atoms with Crippen LogP contribution in [-0.2, 0) is 14.2 Å². The van der Waals surface area contributed by atoms with Crippen LogP contribution in [0.5, 0.6) is 0 Å². The van der Waals surface area contributed by atoms with Crippen molar-refractivity contribution in [2.75, 3.05) is 7.11 Å². The summed E-state index contributed by atoms with van der Waals surface area (Å²) in [5.74, 6) is -0.781. The first-order valence-corrected chi connectivity index (χ1v) is 8.18. The lowest BCUT2D eigenvalue weighted by atomic mass is 9.94. The maximum Gasteiger partial charge on any atom is 0.164 e. The van der Waals surface area contributed by atoms with E-state index in [4.69, 9.17) is 14.2 Å². The number of ether oxygens (including phenoxy) is 3. The zero-order chi connectivity index (χ0) is 17.2. The molecular weight excluding hydrogens is 304 g/mol. The van der Waals surface area contributed by atoms with Gasteiger partial charge in [-0.1, -0.05) is 60.7 Å². The maximum absolute atomic E-state index is 10.9. The van der Waals surface area contributed by atoms with Crippen molar-refractivity contribution in [3.63, 3.8) is 0 Å². The van der Waals surface area contributed by atoms with Gasteiger partial charge >= 0.3 is 0 Å². The van der Waals surface area contributed by atoms with Crippen LogP contribution < -0.4 is 0 Å². The van der Waals surface area contributed by atoms with E-state index in [1.54, 1.807) is 7.11 Å². The van der Waals surface area contributed by atoms with Crippen LogP contribution >= 0.6 is 0 Å². The number of methoxy groups -OCH3 is 1. The van der Waals surface area contributed by atoms with Crippen LogP contribution in [0.4, 0.5) is 0 Å². The third kappa shape index (κ3) is 3.52. The number of aliphatic hydroxyl groups excluding tert-OH is 1. The van der Waals surface area contributed by atoms with Crippen LogP contribution in [0, 0.1) is 0 Å². The van der Waals surface area contributed by atoms with Gasteiger partial charge in [-0.25, -0.2) is 0 Å². The Bertz CT molecular complexity index is 641. The highest BCUT2D eigenvalue weighted by Gasteiger charge is 2.49. The summed E-state index contributed by atoms with van der Waals surface area (Å²) in [6.07, 6.45) is -2.05. The molecule has 0 aliphatic carbocycles. The number of benzene rings is 2. The second-order valence-electron chi connectivity index (χ2n) is 6.49. The molecule has 1 aliphatic heterocycles. The zero-order valence-corrected chi connectivity index (χ0v) is 14.3. The first-order chi connectivity index (χ1) is 11.5. The molecule has 4 heteroatoms. The molecule has 4 nitrogen and oxygen atoms in total. The Balaban J connectivity index is 1.91. The van der Waals surface area contributed by atoms with Crippen molar-refractivity contribution in [2.45, 2.75) is 44.1 Å². The molecule has 1 aliphatic rings. The molecule has 2 aromatic rings. The Morgan fingerprint density at radius 3 is 1.92 bits per heavy atom. The van der Waals surface area contributed by atoms with Crippen LogP contribution in [0.2, 0.25) is 0 Å². The van der Waals surface area contributed by atoms with E-state index in [1.165, 1.54) is 0 Å². The molecule has 1 heterocycles. The van der Waals surface area contributed by atoms with Gasteiger partial charge in [0.05, 0.1) is 0 Å². The molecule has 0 spiro atoms. The second-order valence-corrected chi connectivity index (χ2v) is 6.49. The van der Waals surface area contributed by atoms with E-state index in [2.05, 4.69) is 0 Å². The standard InChI is InChI=1S/C20H24O4/c1-20(2)23-18(16(21)14-10-6-4-7-11-14)19(24-20)17(22-3)15-12-8-5-9-13-15/h4-13,16-19,21H,1-3H3/t16-,17-,18?,19+/m0/s1. The van der Waals surface area contributed by atoms with Gasteiger partial charge in [0.25, 0.3) is 0 Å². The molecule has 3 rings (SSSR count). The minimum Gasteiger partial charge on any atom is -0.386 e. The summed E-state index contributed by atoms with van der Waals surface area (Å²) in [6, 6.07) is 19.4. The first kappa shape index (κ1) is 17.1. The van der Waals surface area contributed by atoms with E-state index in [0.29, 0.717) is 0 Å². The topological polar surface area (TPSA) is 47.9 Å². The molecule has 0 saturated carbocycles. The number of rotatable bonds is 5. The van der Waals surface area contributed by atoms with Gasteiger partial charge in [0.15, 0.2) is 5.79 Å². The van der Waals surface area contributed by atoms with Gasteiger partial charge in [-0.05, 0) is 25.0 Å². The third-order valence-corrected chi connectivity index (χ3v) is 4.30. The van der Waals surface area contributed by atoms with Crippen molar-refractivity contribution < 1.29 is 19.3 Å². The molecule has 1 unspecified atom stereocenters. The van der Waals surface area contributed by atoms with Crippen LogP contribution in [0.1, 0.15) is 37.2 Å². The van der Waals surface area contributed by atoms with Gasteiger partial charge in [0, 0.05) is 7.11 Å². The molecule has 0 radical (unpaired) electrons. The summed E-state index contributed by atoms with van der Waals surface area (Å²) in [5, 5.41) is 10.9. The Kier molecular flexibility index (Phi) is 5.01. The monoisotopic (exact) mass is 328 g/mol. The molecule has 128 valence electrons. The van der Waals surface area contributed by atoms with Crippen molar-refractivity contribution in [3.8, 4) is 0 Å². The summed E-state index contributed by atoms with van der Waals surface area (Å²) < 4.78 is 17.8. The van der Waals surface area contributed by atoms with Gasteiger partial charge in [0.2, 0.25) is 0 Å². The average molecular weight is 328 g/mol. The lowest BCUT2D eigenvalue weighted by Crippen LogP contribution is -2.35. The fourth-order valence-electron chi connectivity index (χ4n) is 3.24. The number of hydrogen-bond donors (Lipinski definition) is 1. The maximum atomic E-state index is 10.9. The minimum absolute atomic E-state index is 0.323. The van der Waals surface area contributed by atoms with Crippen LogP contribution in [0.3, 0.4) is 0 Å². The van der Waals surface area contributed by atoms with Crippen LogP contribution in [-0.4, -0.2) is 30.2 Å². The lowest BCUT2D eigenvalue weighted by Gasteiger charge is -2.28. The van der Waals surface area contributed by atoms with Gasteiger partial charge in [-0.15, -0.1) is 0 Å². The van der Waals surface area contributed by atoms with Gasteiger partial charge in [-0.2, -0.15) is 0 Å². The van der Waals surface area contributed by atoms with Crippen molar-refractivity contribution in [2.24, 2.45) is 0 Å². The van der Waals surface area contributed by atoms with Crippen molar-refractivity contribution in [1.82, 2.24) is 0 Å². The van der Waals surface area contributed by atoms with Gasteiger partial charge < -0.3 is 19.3 Å². The molecule has 1 saturated heterocycles. The SMILES string of the molecule is CO[C@@H](c1ccccc1)[C@H]1OC(C)(C)OC1[C@@H](O)c1ccccc1. The summed E-state index contributed by atoms with van der Waals surface area (Å²) in [5.41, 5.74) is 1.80. The van der Waals surface area contributed by atoms with Crippen molar-refractivity contribution in [1.29, 1.82) is 0 Å². The molecule has 0 aromatic heterocycles. The highest BCUT2D eigenvalue weighted by Crippen LogP contribution is 2.41. The Morgan fingerprint density at radius 2 is 1.38 bits per heavy atom. The predicted molar refractivity (Wildman–Crippen MR) is 91.4 cm³/mol. The lowest BCUT2D eigenvalue weighted by molar-refractivity contribution is -0.162. The van der Waals surface area contributed by atoms with E-state index in [-0.39, 0.29) is 6.10 Å².